The zero-order valence-electron chi connectivity index (χ0n) is 28.4. The molecule has 3 N–H and O–H groups in total. The Labute approximate surface area is 293 Å². The quantitative estimate of drug-likeness (QED) is 0.106. The van der Waals surface area contributed by atoms with E-state index in [2.05, 4.69) is 23.8 Å². The minimum atomic E-state index is -1.13. The number of hydrogen-bond donors (Lipinski definition) is 3. The SMILES string of the molecule is C=CC[C@@H](CC(=O)N(CCO)Cc1ccccc1)C(=O)N[C@@H](COC)[C@@H](OC(=O)[C@@H](CC=C)NC(=O)OCc1ccccc1)c1ccccc1. The lowest BCUT2D eigenvalue weighted by atomic mass is 9.97. The first-order valence-corrected chi connectivity index (χ1v) is 16.5. The minimum absolute atomic E-state index is 0.00943. The van der Waals surface area contributed by atoms with Crippen molar-refractivity contribution in [2.45, 2.75) is 50.6 Å². The summed E-state index contributed by atoms with van der Waals surface area (Å²) in [6.45, 7) is 7.59. The van der Waals surface area contributed by atoms with Gasteiger partial charge in [-0.05, 0) is 29.5 Å². The maximum absolute atomic E-state index is 13.8. The smallest absolute Gasteiger partial charge is 0.408 e. The second-order valence-electron chi connectivity index (χ2n) is 11.6. The van der Waals surface area contributed by atoms with Gasteiger partial charge in [0.05, 0.1) is 25.2 Å². The number of rotatable bonds is 21. The first kappa shape index (κ1) is 39.2. The van der Waals surface area contributed by atoms with E-state index in [0.717, 1.165) is 11.1 Å². The van der Waals surface area contributed by atoms with Crippen molar-refractivity contribution in [1.29, 1.82) is 0 Å². The molecule has 3 aromatic rings. The van der Waals surface area contributed by atoms with Gasteiger partial charge in [0.15, 0.2) is 0 Å². The fraction of sp³-hybridized carbons (Fsp3) is 0.333. The third-order valence-electron chi connectivity index (χ3n) is 7.78. The number of ether oxygens (including phenoxy) is 3. The molecule has 0 bridgehead atoms. The molecule has 50 heavy (non-hydrogen) atoms. The van der Waals surface area contributed by atoms with Crippen LogP contribution >= 0.6 is 0 Å². The highest BCUT2D eigenvalue weighted by molar-refractivity contribution is 5.86. The molecule has 0 radical (unpaired) electrons. The minimum Gasteiger partial charge on any atom is -0.454 e. The van der Waals surface area contributed by atoms with Crippen LogP contribution in [0.4, 0.5) is 4.79 Å². The van der Waals surface area contributed by atoms with Gasteiger partial charge in [0, 0.05) is 26.6 Å². The van der Waals surface area contributed by atoms with Crippen molar-refractivity contribution >= 4 is 23.9 Å². The number of carbonyl (C=O) groups excluding carboxylic acids is 4. The summed E-state index contributed by atoms with van der Waals surface area (Å²) in [4.78, 5) is 55.0. The van der Waals surface area contributed by atoms with Crippen LogP contribution in [0.2, 0.25) is 0 Å². The summed E-state index contributed by atoms with van der Waals surface area (Å²) in [5.74, 6) is -2.36. The molecule has 3 rings (SSSR count). The highest BCUT2D eigenvalue weighted by Crippen LogP contribution is 2.25. The Morgan fingerprint density at radius 3 is 2.02 bits per heavy atom. The van der Waals surface area contributed by atoms with Crippen LogP contribution in [0.3, 0.4) is 0 Å². The number of alkyl carbamates (subject to hydrolysis) is 1. The lowest BCUT2D eigenvalue weighted by Crippen LogP contribution is -2.49. The monoisotopic (exact) mass is 685 g/mol. The average Bonchev–Trinajstić information content (AvgIpc) is 3.13. The summed E-state index contributed by atoms with van der Waals surface area (Å²) in [6.07, 6.45) is 1.30. The van der Waals surface area contributed by atoms with Gasteiger partial charge in [0.1, 0.15) is 18.8 Å². The van der Waals surface area contributed by atoms with Crippen LogP contribution in [0.25, 0.3) is 0 Å². The van der Waals surface area contributed by atoms with Crippen LogP contribution in [0.1, 0.15) is 42.1 Å². The number of carbonyl (C=O) groups is 4. The molecule has 0 saturated heterocycles. The number of nitrogens with one attached hydrogen (secondary N) is 2. The van der Waals surface area contributed by atoms with Crippen molar-refractivity contribution in [2.24, 2.45) is 5.92 Å². The average molecular weight is 686 g/mol. The van der Waals surface area contributed by atoms with Crippen molar-refractivity contribution in [3.8, 4) is 0 Å². The molecule has 4 atom stereocenters. The van der Waals surface area contributed by atoms with E-state index in [9.17, 15) is 24.3 Å². The second kappa shape index (κ2) is 21.7. The summed E-state index contributed by atoms with van der Waals surface area (Å²) in [5.41, 5.74) is 2.24. The number of esters is 1. The molecule has 0 saturated carbocycles. The van der Waals surface area contributed by atoms with Gasteiger partial charge in [-0.3, -0.25) is 9.59 Å². The Balaban J connectivity index is 1.78. The number of aliphatic hydroxyl groups excluding tert-OH is 1. The third-order valence-corrected chi connectivity index (χ3v) is 7.78. The summed E-state index contributed by atoms with van der Waals surface area (Å²) in [5, 5.41) is 15.1. The van der Waals surface area contributed by atoms with E-state index in [1.165, 1.54) is 18.1 Å². The molecule has 0 aromatic heterocycles. The van der Waals surface area contributed by atoms with Crippen molar-refractivity contribution < 1.29 is 38.5 Å². The number of methoxy groups -OCH3 is 1. The summed E-state index contributed by atoms with van der Waals surface area (Å²) >= 11 is 0. The maximum Gasteiger partial charge on any atom is 0.408 e. The molecule has 0 aliphatic carbocycles. The van der Waals surface area contributed by atoms with E-state index in [0.29, 0.717) is 5.56 Å². The Morgan fingerprint density at radius 1 is 0.840 bits per heavy atom. The highest BCUT2D eigenvalue weighted by Gasteiger charge is 2.34. The first-order valence-electron chi connectivity index (χ1n) is 16.5. The predicted octanol–water partition coefficient (Wildman–Crippen LogP) is 4.88. The van der Waals surface area contributed by atoms with Gasteiger partial charge in [-0.25, -0.2) is 9.59 Å². The third kappa shape index (κ3) is 13.0. The Kier molecular flexibility index (Phi) is 17.0. The number of benzene rings is 3. The molecule has 0 spiro atoms. The van der Waals surface area contributed by atoms with Crippen molar-refractivity contribution in [1.82, 2.24) is 15.5 Å². The van der Waals surface area contributed by atoms with Crippen LogP contribution in [0, 0.1) is 5.92 Å². The fourth-order valence-electron chi connectivity index (χ4n) is 5.25. The lowest BCUT2D eigenvalue weighted by molar-refractivity contribution is -0.155. The highest BCUT2D eigenvalue weighted by atomic mass is 16.6. The van der Waals surface area contributed by atoms with E-state index in [4.69, 9.17) is 14.2 Å². The molecule has 0 heterocycles. The van der Waals surface area contributed by atoms with E-state index < -0.39 is 42.1 Å². The molecule has 3 amide bonds. The first-order chi connectivity index (χ1) is 24.3. The number of nitrogens with zero attached hydrogens (tertiary/aromatic N) is 1. The fourth-order valence-corrected chi connectivity index (χ4v) is 5.25. The molecule has 0 aliphatic heterocycles. The molecular formula is C39H47N3O8. The molecule has 11 heteroatoms. The molecule has 3 aromatic carbocycles. The summed E-state index contributed by atoms with van der Waals surface area (Å²) < 4.78 is 16.8. The normalized spacial score (nSPS) is 13.1. The topological polar surface area (TPSA) is 144 Å². The predicted molar refractivity (Wildman–Crippen MR) is 189 cm³/mol. The zero-order chi connectivity index (χ0) is 36.1. The Bertz CT molecular complexity index is 1500. The van der Waals surface area contributed by atoms with Crippen LogP contribution < -0.4 is 10.6 Å². The number of amides is 3. The Morgan fingerprint density at radius 2 is 1.44 bits per heavy atom. The molecule has 0 fully saturated rings. The van der Waals surface area contributed by atoms with Gasteiger partial charge >= 0.3 is 12.1 Å². The molecular weight excluding hydrogens is 638 g/mol. The lowest BCUT2D eigenvalue weighted by Gasteiger charge is -2.31. The number of aliphatic hydroxyl groups is 1. The van der Waals surface area contributed by atoms with Gasteiger partial charge in [-0.2, -0.15) is 0 Å². The van der Waals surface area contributed by atoms with Gasteiger partial charge in [-0.1, -0.05) is 103 Å². The Hall–Kier alpha value is -5.26. The van der Waals surface area contributed by atoms with E-state index in [1.54, 1.807) is 36.4 Å². The van der Waals surface area contributed by atoms with Gasteiger partial charge in [-0.15, -0.1) is 13.2 Å². The molecule has 0 unspecified atom stereocenters. The van der Waals surface area contributed by atoms with Gasteiger partial charge in [0.25, 0.3) is 0 Å². The van der Waals surface area contributed by atoms with Crippen LogP contribution in [0.5, 0.6) is 0 Å². The standard InChI is InChI=1S/C39H47N3O8/c1-4-15-32(25-35(44)42(23-24-43)26-29-17-9-6-10-18-29)37(45)40-34(28-48-3)36(31-21-13-8-14-22-31)50-38(46)33(16-5-2)41-39(47)49-27-30-19-11-7-12-20-30/h4-14,17-22,32-34,36,43H,1-2,15-16,23-28H2,3H3,(H,40,45)(H,41,47)/t32-,33+,34-,36-/m0/s1. The van der Waals surface area contributed by atoms with Crippen LogP contribution in [0.15, 0.2) is 116 Å². The van der Waals surface area contributed by atoms with E-state index in [1.807, 2.05) is 60.7 Å². The van der Waals surface area contributed by atoms with Crippen molar-refractivity contribution in [3.05, 3.63) is 133 Å². The van der Waals surface area contributed by atoms with Crippen molar-refractivity contribution in [2.75, 3.05) is 26.9 Å². The summed E-state index contributed by atoms with van der Waals surface area (Å²) in [6, 6.07) is 25.3. The summed E-state index contributed by atoms with van der Waals surface area (Å²) in [7, 11) is 1.45. The van der Waals surface area contributed by atoms with Crippen LogP contribution in [-0.2, 0) is 41.7 Å². The van der Waals surface area contributed by atoms with E-state index in [-0.39, 0.29) is 58.1 Å². The van der Waals surface area contributed by atoms with Crippen molar-refractivity contribution in [3.63, 3.8) is 0 Å². The number of allylic oxidation sites excluding steroid dienone is 1. The van der Waals surface area contributed by atoms with E-state index >= 15 is 0 Å². The number of hydrogen-bond acceptors (Lipinski definition) is 8. The molecule has 266 valence electrons. The van der Waals surface area contributed by atoms with Gasteiger partial charge in [0.2, 0.25) is 11.8 Å². The molecule has 11 nitrogen and oxygen atoms in total. The second-order valence-corrected chi connectivity index (χ2v) is 11.6. The molecule has 0 aliphatic rings. The van der Waals surface area contributed by atoms with Gasteiger partial charge < -0.3 is 34.9 Å². The maximum atomic E-state index is 13.8. The van der Waals surface area contributed by atoms with Crippen LogP contribution in [-0.4, -0.2) is 72.8 Å². The zero-order valence-corrected chi connectivity index (χ0v) is 28.4. The largest absolute Gasteiger partial charge is 0.454 e.